The average molecular weight is 327 g/mol. The summed E-state index contributed by atoms with van der Waals surface area (Å²) in [6.07, 6.45) is -1.01. The van der Waals surface area contributed by atoms with Gasteiger partial charge >= 0.3 is 0 Å². The molecule has 24 heavy (non-hydrogen) atoms. The molecule has 0 aliphatic rings. The number of benzene rings is 2. The van der Waals surface area contributed by atoms with Gasteiger partial charge in [0.25, 0.3) is 11.8 Å². The van der Waals surface area contributed by atoms with E-state index in [1.165, 1.54) is 49.4 Å². The largest absolute Gasteiger partial charge is 0.478 e. The molecule has 0 aliphatic carbocycles. The summed E-state index contributed by atoms with van der Waals surface area (Å²) in [6, 6.07) is 13.5. The van der Waals surface area contributed by atoms with Gasteiger partial charge in [-0.1, -0.05) is 12.1 Å². The highest BCUT2D eigenvalue weighted by Gasteiger charge is 2.17. The molecule has 0 aromatic heterocycles. The van der Waals surface area contributed by atoms with Crippen molar-refractivity contribution in [2.75, 3.05) is 0 Å². The molecule has 7 heteroatoms. The number of nitrogens with one attached hydrogen (secondary N) is 2. The number of ether oxygens (including phenoxy) is 1. The van der Waals surface area contributed by atoms with Crippen LogP contribution in [-0.2, 0) is 4.79 Å². The van der Waals surface area contributed by atoms with Gasteiger partial charge in [0.1, 0.15) is 0 Å². The summed E-state index contributed by atoms with van der Waals surface area (Å²) < 4.78 is 18.7. The lowest BCUT2D eigenvalue weighted by Crippen LogP contribution is -2.47. The summed E-state index contributed by atoms with van der Waals surface area (Å²) in [7, 11) is 0. The van der Waals surface area contributed by atoms with Gasteiger partial charge in [-0.05, 0) is 43.3 Å². The van der Waals surface area contributed by atoms with E-state index in [0.717, 1.165) is 0 Å². The van der Waals surface area contributed by atoms with E-state index in [9.17, 15) is 14.0 Å². The molecule has 0 saturated heterocycles. The molecule has 122 valence electrons. The van der Waals surface area contributed by atoms with E-state index < -0.39 is 23.7 Å². The Morgan fingerprint density at radius 1 is 1.12 bits per heavy atom. The Labute approximate surface area is 137 Å². The van der Waals surface area contributed by atoms with Crippen molar-refractivity contribution < 1.29 is 18.7 Å². The average Bonchev–Trinajstić information content (AvgIpc) is 2.61. The number of para-hydroxylation sites is 1. The van der Waals surface area contributed by atoms with Crippen LogP contribution in [0.25, 0.3) is 0 Å². The van der Waals surface area contributed by atoms with Crippen molar-refractivity contribution in [2.45, 2.75) is 13.0 Å². The van der Waals surface area contributed by atoms with Gasteiger partial charge in [0.2, 0.25) is 0 Å². The predicted octanol–water partition coefficient (Wildman–Crippen LogP) is 1.93. The summed E-state index contributed by atoms with van der Waals surface area (Å²) >= 11 is 0. The molecule has 0 spiro atoms. The molecule has 6 nitrogen and oxygen atoms in total. The molecule has 0 aliphatic heterocycles. The Hall–Kier alpha value is -3.40. The van der Waals surface area contributed by atoms with Gasteiger partial charge in [-0.15, -0.1) is 0 Å². The van der Waals surface area contributed by atoms with Crippen molar-refractivity contribution >= 4 is 11.8 Å². The summed E-state index contributed by atoms with van der Waals surface area (Å²) in [5.74, 6) is -1.83. The minimum Gasteiger partial charge on any atom is -0.478 e. The number of nitrogens with zero attached hydrogens (tertiary/aromatic N) is 1. The summed E-state index contributed by atoms with van der Waals surface area (Å²) in [6.45, 7) is 1.43. The second-order valence-corrected chi connectivity index (χ2v) is 4.82. The molecule has 0 fully saturated rings. The maximum Gasteiger partial charge on any atom is 0.279 e. The maximum absolute atomic E-state index is 13.5. The molecule has 2 aromatic rings. The molecule has 2 rings (SSSR count). The number of nitriles is 1. The van der Waals surface area contributed by atoms with Crippen molar-refractivity contribution in [2.24, 2.45) is 0 Å². The van der Waals surface area contributed by atoms with E-state index in [2.05, 4.69) is 10.9 Å². The fourth-order valence-electron chi connectivity index (χ4n) is 1.77. The number of hydrogen-bond donors (Lipinski definition) is 2. The second-order valence-electron chi connectivity index (χ2n) is 4.82. The zero-order valence-corrected chi connectivity index (χ0v) is 12.7. The summed E-state index contributed by atoms with van der Waals surface area (Å²) in [4.78, 5) is 23.8. The summed E-state index contributed by atoms with van der Waals surface area (Å²) in [5.41, 5.74) is 5.11. The number of amides is 2. The van der Waals surface area contributed by atoms with Crippen molar-refractivity contribution in [3.05, 3.63) is 65.5 Å². The highest BCUT2D eigenvalue weighted by molar-refractivity contribution is 5.95. The predicted molar refractivity (Wildman–Crippen MR) is 83.3 cm³/mol. The first kappa shape index (κ1) is 17.0. The summed E-state index contributed by atoms with van der Waals surface area (Å²) in [5, 5.41) is 8.70. The Morgan fingerprint density at radius 2 is 1.79 bits per heavy atom. The van der Waals surface area contributed by atoms with Gasteiger partial charge in [-0.25, -0.2) is 4.39 Å². The van der Waals surface area contributed by atoms with Crippen LogP contribution in [0.5, 0.6) is 5.75 Å². The molecular weight excluding hydrogens is 313 g/mol. The topological polar surface area (TPSA) is 91.2 Å². The van der Waals surface area contributed by atoms with Gasteiger partial charge in [-0.3, -0.25) is 20.4 Å². The third-order valence-electron chi connectivity index (χ3n) is 3.09. The molecule has 0 radical (unpaired) electrons. The molecule has 1 atom stereocenters. The van der Waals surface area contributed by atoms with Crippen molar-refractivity contribution in [1.82, 2.24) is 10.9 Å². The lowest BCUT2D eigenvalue weighted by molar-refractivity contribution is -0.128. The zero-order valence-electron chi connectivity index (χ0n) is 12.7. The first-order valence-electron chi connectivity index (χ1n) is 7.03. The van der Waals surface area contributed by atoms with Crippen LogP contribution < -0.4 is 15.6 Å². The minimum atomic E-state index is -1.01. The van der Waals surface area contributed by atoms with Crippen LogP contribution in [0.3, 0.4) is 0 Å². The van der Waals surface area contributed by atoms with Gasteiger partial charge in [-0.2, -0.15) is 5.26 Å². The molecule has 0 bridgehead atoms. The third-order valence-corrected chi connectivity index (χ3v) is 3.09. The van der Waals surface area contributed by atoms with E-state index in [1.807, 2.05) is 6.07 Å². The van der Waals surface area contributed by atoms with Gasteiger partial charge in [0, 0.05) is 5.56 Å². The SMILES string of the molecule is C[C@H](Oc1ccccc1F)C(=O)NNC(=O)c1ccc(C#N)cc1. The van der Waals surface area contributed by atoms with Crippen LogP contribution in [-0.4, -0.2) is 17.9 Å². The Kier molecular flexibility index (Phi) is 5.47. The second kappa shape index (κ2) is 7.74. The Bertz CT molecular complexity index is 784. The fourth-order valence-corrected chi connectivity index (χ4v) is 1.77. The minimum absolute atomic E-state index is 0.0569. The van der Waals surface area contributed by atoms with Crippen molar-refractivity contribution in [1.29, 1.82) is 5.26 Å². The van der Waals surface area contributed by atoms with Gasteiger partial charge in [0.15, 0.2) is 17.7 Å². The lowest BCUT2D eigenvalue weighted by Gasteiger charge is -2.15. The zero-order chi connectivity index (χ0) is 17.5. The standard InChI is InChI=1S/C17H14FN3O3/c1-11(24-15-5-3-2-4-14(15)18)16(22)20-21-17(23)13-8-6-12(10-19)7-9-13/h2-9,11H,1H3,(H,20,22)(H,21,23)/t11-/m0/s1. The number of hydrogen-bond acceptors (Lipinski definition) is 4. The maximum atomic E-state index is 13.5. The Morgan fingerprint density at radius 3 is 2.42 bits per heavy atom. The van der Waals surface area contributed by atoms with Crippen LogP contribution >= 0.6 is 0 Å². The molecule has 0 saturated carbocycles. The van der Waals surface area contributed by atoms with Crippen LogP contribution in [0.2, 0.25) is 0 Å². The third kappa shape index (κ3) is 4.30. The number of rotatable bonds is 4. The molecule has 2 amide bonds. The molecule has 0 unspecified atom stereocenters. The molecular formula is C17H14FN3O3. The smallest absolute Gasteiger partial charge is 0.279 e. The number of carbonyl (C=O) groups is 2. The number of halogens is 1. The van der Waals surface area contributed by atoms with E-state index in [0.29, 0.717) is 5.56 Å². The molecule has 0 heterocycles. The van der Waals surface area contributed by atoms with E-state index >= 15 is 0 Å². The van der Waals surface area contributed by atoms with Gasteiger partial charge < -0.3 is 4.74 Å². The van der Waals surface area contributed by atoms with Crippen LogP contribution in [0.1, 0.15) is 22.8 Å². The molecule has 2 N–H and O–H groups in total. The van der Waals surface area contributed by atoms with Crippen LogP contribution in [0.15, 0.2) is 48.5 Å². The molecule has 2 aromatic carbocycles. The number of hydrazine groups is 1. The normalized spacial score (nSPS) is 11.0. The van der Waals surface area contributed by atoms with E-state index in [4.69, 9.17) is 10.00 Å². The number of carbonyl (C=O) groups excluding carboxylic acids is 2. The van der Waals surface area contributed by atoms with Gasteiger partial charge in [0.05, 0.1) is 11.6 Å². The quantitative estimate of drug-likeness (QED) is 0.840. The van der Waals surface area contributed by atoms with Crippen LogP contribution in [0, 0.1) is 17.1 Å². The lowest BCUT2D eigenvalue weighted by atomic mass is 10.1. The van der Waals surface area contributed by atoms with Crippen molar-refractivity contribution in [3.8, 4) is 11.8 Å². The monoisotopic (exact) mass is 327 g/mol. The van der Waals surface area contributed by atoms with E-state index in [1.54, 1.807) is 6.07 Å². The highest BCUT2D eigenvalue weighted by Crippen LogP contribution is 2.16. The van der Waals surface area contributed by atoms with E-state index in [-0.39, 0.29) is 11.3 Å². The highest BCUT2D eigenvalue weighted by atomic mass is 19.1. The first-order valence-corrected chi connectivity index (χ1v) is 7.03. The first-order chi connectivity index (χ1) is 11.5. The van der Waals surface area contributed by atoms with Crippen molar-refractivity contribution in [3.63, 3.8) is 0 Å². The van der Waals surface area contributed by atoms with Crippen LogP contribution in [0.4, 0.5) is 4.39 Å². The Balaban J connectivity index is 1.88. The fraction of sp³-hybridized carbons (Fsp3) is 0.118.